The summed E-state index contributed by atoms with van der Waals surface area (Å²) >= 11 is 0. The number of para-hydroxylation sites is 1. The second-order valence-corrected chi connectivity index (χ2v) is 7.18. The van der Waals surface area contributed by atoms with Gasteiger partial charge in [-0.1, -0.05) is 24.3 Å². The summed E-state index contributed by atoms with van der Waals surface area (Å²) in [6, 6.07) is 14.1. The van der Waals surface area contributed by atoms with Crippen LogP contribution in [0.4, 0.5) is 5.69 Å². The second kappa shape index (κ2) is 7.78. The van der Waals surface area contributed by atoms with E-state index in [1.165, 1.54) is 5.69 Å². The maximum Gasteiger partial charge on any atom is 0.228 e. The van der Waals surface area contributed by atoms with Crippen molar-refractivity contribution >= 4 is 17.5 Å². The molecule has 3 heterocycles. The van der Waals surface area contributed by atoms with Gasteiger partial charge in [-0.2, -0.15) is 0 Å². The van der Waals surface area contributed by atoms with Crippen molar-refractivity contribution in [2.45, 2.75) is 13.0 Å². The summed E-state index contributed by atoms with van der Waals surface area (Å²) in [6.45, 7) is 4.11. The van der Waals surface area contributed by atoms with Crippen LogP contribution < -0.4 is 4.90 Å². The number of nitrogens with zero attached hydrogens (tertiary/aromatic N) is 4. The van der Waals surface area contributed by atoms with Crippen molar-refractivity contribution in [2.75, 3.05) is 37.6 Å². The second-order valence-electron chi connectivity index (χ2n) is 7.18. The van der Waals surface area contributed by atoms with Gasteiger partial charge in [-0.3, -0.25) is 14.6 Å². The highest BCUT2D eigenvalue weighted by Crippen LogP contribution is 2.23. The van der Waals surface area contributed by atoms with Crippen LogP contribution in [0.2, 0.25) is 0 Å². The maximum absolute atomic E-state index is 12.9. The Bertz CT molecular complexity index is 788. The highest BCUT2D eigenvalue weighted by molar-refractivity contribution is 5.89. The van der Waals surface area contributed by atoms with E-state index in [-0.39, 0.29) is 17.7 Å². The molecular formula is C21H24N4O2. The van der Waals surface area contributed by atoms with Crippen LogP contribution >= 0.6 is 0 Å². The summed E-state index contributed by atoms with van der Waals surface area (Å²) in [5, 5.41) is 0. The molecule has 0 aliphatic carbocycles. The van der Waals surface area contributed by atoms with Crippen LogP contribution in [0.3, 0.4) is 0 Å². The van der Waals surface area contributed by atoms with Crippen LogP contribution in [0, 0.1) is 5.92 Å². The molecule has 6 heteroatoms. The van der Waals surface area contributed by atoms with E-state index in [2.05, 4.69) is 22.0 Å². The number of hydrogen-bond acceptors (Lipinski definition) is 4. The van der Waals surface area contributed by atoms with Gasteiger partial charge in [0.2, 0.25) is 11.8 Å². The number of carbonyl (C=O) groups excluding carboxylic acids is 2. The predicted octanol–water partition coefficient (Wildman–Crippen LogP) is 1.78. The van der Waals surface area contributed by atoms with Crippen LogP contribution in [0.1, 0.15) is 12.0 Å². The van der Waals surface area contributed by atoms with Crippen LogP contribution in [0.25, 0.3) is 0 Å². The Labute approximate surface area is 159 Å². The molecule has 2 saturated heterocycles. The minimum atomic E-state index is -0.225. The Kier molecular flexibility index (Phi) is 5.05. The minimum absolute atomic E-state index is 0.0557. The topological polar surface area (TPSA) is 56.8 Å². The number of anilines is 1. The zero-order valence-electron chi connectivity index (χ0n) is 15.3. The Hall–Kier alpha value is -2.89. The number of piperazine rings is 1. The first-order chi connectivity index (χ1) is 13.2. The van der Waals surface area contributed by atoms with E-state index in [1.807, 2.05) is 35.2 Å². The fraction of sp³-hybridized carbons (Fsp3) is 0.381. The molecule has 2 fully saturated rings. The molecule has 2 aromatic rings. The lowest BCUT2D eigenvalue weighted by Crippen LogP contribution is -2.50. The number of pyridine rings is 1. The summed E-state index contributed by atoms with van der Waals surface area (Å²) in [7, 11) is 0. The molecule has 0 unspecified atom stereocenters. The third-order valence-corrected chi connectivity index (χ3v) is 5.37. The van der Waals surface area contributed by atoms with Gasteiger partial charge in [0.05, 0.1) is 5.92 Å². The van der Waals surface area contributed by atoms with E-state index in [0.29, 0.717) is 32.6 Å². The first-order valence-electron chi connectivity index (χ1n) is 9.46. The molecule has 0 N–H and O–H groups in total. The van der Waals surface area contributed by atoms with Gasteiger partial charge in [0.1, 0.15) is 0 Å². The molecule has 4 rings (SSSR count). The molecule has 0 radical (unpaired) electrons. The molecule has 0 bridgehead atoms. The molecule has 1 aromatic carbocycles. The van der Waals surface area contributed by atoms with E-state index in [0.717, 1.165) is 18.7 Å². The number of amides is 2. The lowest BCUT2D eigenvalue weighted by molar-refractivity contribution is -0.136. The summed E-state index contributed by atoms with van der Waals surface area (Å²) in [6.07, 6.45) is 3.81. The van der Waals surface area contributed by atoms with E-state index in [4.69, 9.17) is 0 Å². The first-order valence-corrected chi connectivity index (χ1v) is 9.46. The standard InChI is InChI=1S/C21H24N4O2/c26-20-13-18(16-25(20)15-17-5-4-8-22-14-17)21(27)24-11-9-23(10-12-24)19-6-2-1-3-7-19/h1-8,14,18H,9-13,15-16H2/t18-/m1/s1. The van der Waals surface area contributed by atoms with Gasteiger partial charge < -0.3 is 14.7 Å². The Morgan fingerprint density at radius 3 is 2.52 bits per heavy atom. The van der Waals surface area contributed by atoms with Crippen LogP contribution in [0.5, 0.6) is 0 Å². The van der Waals surface area contributed by atoms with Crippen molar-refractivity contribution < 1.29 is 9.59 Å². The molecule has 2 aliphatic rings. The molecule has 1 atom stereocenters. The van der Waals surface area contributed by atoms with Crippen molar-refractivity contribution in [3.63, 3.8) is 0 Å². The number of carbonyl (C=O) groups is 2. The lowest BCUT2D eigenvalue weighted by Gasteiger charge is -2.37. The van der Waals surface area contributed by atoms with Crippen LogP contribution in [-0.2, 0) is 16.1 Å². The minimum Gasteiger partial charge on any atom is -0.368 e. The quantitative estimate of drug-likeness (QED) is 0.830. The van der Waals surface area contributed by atoms with Gasteiger partial charge >= 0.3 is 0 Å². The van der Waals surface area contributed by atoms with Crippen molar-refractivity contribution in [3.8, 4) is 0 Å². The van der Waals surface area contributed by atoms with Gasteiger partial charge in [-0.25, -0.2) is 0 Å². The SMILES string of the molecule is O=C1C[C@@H](C(=O)N2CCN(c3ccccc3)CC2)CN1Cc1cccnc1. The number of likely N-dealkylation sites (tertiary alicyclic amines) is 1. The highest BCUT2D eigenvalue weighted by atomic mass is 16.2. The largest absolute Gasteiger partial charge is 0.368 e. The molecule has 1 aromatic heterocycles. The third kappa shape index (κ3) is 3.94. The number of aromatic nitrogens is 1. The fourth-order valence-corrected chi connectivity index (χ4v) is 3.88. The molecule has 0 spiro atoms. The van der Waals surface area contributed by atoms with Crippen molar-refractivity contribution in [3.05, 3.63) is 60.4 Å². The van der Waals surface area contributed by atoms with E-state index in [9.17, 15) is 9.59 Å². The maximum atomic E-state index is 12.9. The zero-order valence-corrected chi connectivity index (χ0v) is 15.3. The summed E-state index contributed by atoms with van der Waals surface area (Å²) in [5.74, 6) is -0.0534. The summed E-state index contributed by atoms with van der Waals surface area (Å²) < 4.78 is 0. The van der Waals surface area contributed by atoms with Gasteiger partial charge in [0, 0.05) is 63.8 Å². The van der Waals surface area contributed by atoms with Gasteiger partial charge in [-0.05, 0) is 23.8 Å². The van der Waals surface area contributed by atoms with Gasteiger partial charge in [0.15, 0.2) is 0 Å². The molecule has 6 nitrogen and oxygen atoms in total. The normalized spacial score (nSPS) is 20.2. The first kappa shape index (κ1) is 17.5. The van der Waals surface area contributed by atoms with Crippen molar-refractivity contribution in [1.29, 1.82) is 0 Å². The summed E-state index contributed by atoms with van der Waals surface area (Å²) in [5.41, 5.74) is 2.19. The van der Waals surface area contributed by atoms with E-state index >= 15 is 0 Å². The van der Waals surface area contributed by atoms with E-state index in [1.54, 1.807) is 17.3 Å². The monoisotopic (exact) mass is 364 g/mol. The highest BCUT2D eigenvalue weighted by Gasteiger charge is 2.37. The third-order valence-electron chi connectivity index (χ3n) is 5.37. The Morgan fingerprint density at radius 2 is 1.81 bits per heavy atom. The summed E-state index contributed by atoms with van der Waals surface area (Å²) in [4.78, 5) is 35.3. The molecular weight excluding hydrogens is 340 g/mol. The van der Waals surface area contributed by atoms with Crippen LogP contribution in [0.15, 0.2) is 54.9 Å². The molecule has 0 saturated carbocycles. The number of hydrogen-bond donors (Lipinski definition) is 0. The number of rotatable bonds is 4. The molecule has 2 aliphatic heterocycles. The average Bonchev–Trinajstić information content (AvgIpc) is 3.09. The van der Waals surface area contributed by atoms with Crippen LogP contribution in [-0.4, -0.2) is 59.3 Å². The Morgan fingerprint density at radius 1 is 1.04 bits per heavy atom. The molecule has 2 amide bonds. The van der Waals surface area contributed by atoms with Crippen molar-refractivity contribution in [1.82, 2.24) is 14.8 Å². The predicted molar refractivity (Wildman–Crippen MR) is 103 cm³/mol. The lowest BCUT2D eigenvalue weighted by atomic mass is 10.1. The fourth-order valence-electron chi connectivity index (χ4n) is 3.88. The van der Waals surface area contributed by atoms with E-state index < -0.39 is 0 Å². The zero-order chi connectivity index (χ0) is 18.6. The van der Waals surface area contributed by atoms with Gasteiger partial charge in [0.25, 0.3) is 0 Å². The van der Waals surface area contributed by atoms with Crippen molar-refractivity contribution in [2.24, 2.45) is 5.92 Å². The average molecular weight is 364 g/mol. The van der Waals surface area contributed by atoms with Gasteiger partial charge in [-0.15, -0.1) is 0 Å². The molecule has 27 heavy (non-hydrogen) atoms. The smallest absolute Gasteiger partial charge is 0.228 e. The molecule has 140 valence electrons. The number of benzene rings is 1. The Balaban J connectivity index is 1.32.